The number of hydrogen-bond donors (Lipinski definition) is 2. The first-order chi connectivity index (χ1) is 10.8. The molecule has 0 bridgehead atoms. The summed E-state index contributed by atoms with van der Waals surface area (Å²) in [6.07, 6.45) is -12.0. The fourth-order valence-electron chi connectivity index (χ4n) is 1.67. The van der Waals surface area contributed by atoms with Crippen molar-refractivity contribution in [2.75, 3.05) is 12.4 Å². The molecular formula is C13H11F6NO4. The van der Waals surface area contributed by atoms with Crippen LogP contribution in [0.1, 0.15) is 12.0 Å². The number of hydrogen-bond acceptors (Lipinski definition) is 4. The lowest BCUT2D eigenvalue weighted by atomic mass is 9.98. The second-order valence-electron chi connectivity index (χ2n) is 4.65. The number of amides is 1. The van der Waals surface area contributed by atoms with Crippen molar-refractivity contribution in [1.29, 1.82) is 0 Å². The molecule has 0 heterocycles. The molecule has 134 valence electrons. The highest BCUT2D eigenvalue weighted by molar-refractivity contribution is 5.96. The zero-order valence-corrected chi connectivity index (χ0v) is 12.0. The van der Waals surface area contributed by atoms with Crippen LogP contribution in [-0.4, -0.2) is 35.9 Å². The van der Waals surface area contributed by atoms with E-state index in [-0.39, 0.29) is 0 Å². The monoisotopic (exact) mass is 359 g/mol. The summed E-state index contributed by atoms with van der Waals surface area (Å²) in [5.74, 6) is -3.64. The number of anilines is 1. The van der Waals surface area contributed by atoms with Gasteiger partial charge in [0.2, 0.25) is 5.91 Å². The lowest BCUT2D eigenvalue weighted by Gasteiger charge is -2.26. The van der Waals surface area contributed by atoms with E-state index in [0.717, 1.165) is 12.1 Å². The highest BCUT2D eigenvalue weighted by atomic mass is 19.4. The zero-order valence-electron chi connectivity index (χ0n) is 12.0. The minimum Gasteiger partial charge on any atom is -0.467 e. The molecule has 0 saturated heterocycles. The maximum absolute atomic E-state index is 12.8. The fraction of sp³-hybridized carbons (Fsp3) is 0.385. The Labute approximate surface area is 131 Å². The Morgan fingerprint density at radius 3 is 2.21 bits per heavy atom. The van der Waals surface area contributed by atoms with E-state index >= 15 is 0 Å². The molecule has 0 aliphatic carbocycles. The predicted molar refractivity (Wildman–Crippen MR) is 67.7 cm³/mol. The highest BCUT2D eigenvalue weighted by Gasteiger charge is 2.61. The largest absolute Gasteiger partial charge is 0.467 e. The maximum atomic E-state index is 12.8. The van der Waals surface area contributed by atoms with Crippen LogP contribution in [-0.2, 0) is 20.5 Å². The van der Waals surface area contributed by atoms with Gasteiger partial charge >= 0.3 is 18.3 Å². The molecule has 0 aliphatic rings. The molecule has 0 saturated carbocycles. The predicted octanol–water partition coefficient (Wildman–Crippen LogP) is 2.50. The van der Waals surface area contributed by atoms with Gasteiger partial charge in [0.1, 0.15) is 0 Å². The summed E-state index contributed by atoms with van der Waals surface area (Å²) in [6.45, 7) is 0. The van der Waals surface area contributed by atoms with Crippen molar-refractivity contribution in [2.45, 2.75) is 24.4 Å². The Bertz CT molecular complexity index is 628. The average molecular weight is 359 g/mol. The van der Waals surface area contributed by atoms with Crippen LogP contribution in [0.15, 0.2) is 24.3 Å². The summed E-state index contributed by atoms with van der Waals surface area (Å²) >= 11 is 0. The van der Waals surface area contributed by atoms with Crippen molar-refractivity contribution in [2.24, 2.45) is 0 Å². The number of alkyl halides is 6. The molecule has 0 radical (unpaired) electrons. The number of ether oxygens (including phenoxy) is 1. The average Bonchev–Trinajstić information content (AvgIpc) is 2.44. The van der Waals surface area contributed by atoms with E-state index in [9.17, 15) is 41.0 Å². The van der Waals surface area contributed by atoms with Gasteiger partial charge in [-0.25, -0.2) is 4.79 Å². The van der Waals surface area contributed by atoms with Gasteiger partial charge in [-0.3, -0.25) is 4.79 Å². The third-order valence-electron chi connectivity index (χ3n) is 2.88. The molecule has 1 atom stereocenters. The summed E-state index contributed by atoms with van der Waals surface area (Å²) in [5, 5.41) is 11.2. The van der Waals surface area contributed by atoms with E-state index in [2.05, 4.69) is 4.74 Å². The van der Waals surface area contributed by atoms with Gasteiger partial charge in [-0.05, 0) is 18.2 Å². The molecule has 1 rings (SSSR count). The molecule has 0 unspecified atom stereocenters. The van der Waals surface area contributed by atoms with Crippen molar-refractivity contribution in [3.05, 3.63) is 29.8 Å². The van der Waals surface area contributed by atoms with Crippen LogP contribution in [0.3, 0.4) is 0 Å². The molecule has 1 amide bonds. The molecule has 11 heteroatoms. The second-order valence-corrected chi connectivity index (χ2v) is 4.65. The van der Waals surface area contributed by atoms with E-state index in [4.69, 9.17) is 0 Å². The van der Waals surface area contributed by atoms with Gasteiger partial charge < -0.3 is 15.2 Å². The third-order valence-corrected chi connectivity index (χ3v) is 2.88. The molecule has 0 spiro atoms. The van der Waals surface area contributed by atoms with Crippen LogP contribution in [0.25, 0.3) is 0 Å². The smallest absolute Gasteiger partial charge is 0.428 e. The first-order valence-electron chi connectivity index (χ1n) is 6.16. The zero-order chi connectivity index (χ0) is 18.8. The van der Waals surface area contributed by atoms with Crippen LogP contribution < -0.4 is 5.32 Å². The van der Waals surface area contributed by atoms with Crippen LogP contribution in [0.4, 0.5) is 32.0 Å². The molecule has 0 aliphatic heterocycles. The number of carbonyl (C=O) groups is 2. The topological polar surface area (TPSA) is 75.6 Å². The van der Waals surface area contributed by atoms with Crippen molar-refractivity contribution in [3.63, 3.8) is 0 Å². The molecule has 1 aromatic rings. The molecule has 1 aromatic carbocycles. The summed E-state index contributed by atoms with van der Waals surface area (Å²) < 4.78 is 79.7. The Balaban J connectivity index is 2.98. The van der Waals surface area contributed by atoms with Gasteiger partial charge in [0.05, 0.1) is 19.1 Å². The minimum absolute atomic E-state index is 0.454. The van der Waals surface area contributed by atoms with Gasteiger partial charge in [-0.15, -0.1) is 0 Å². The molecular weight excluding hydrogens is 348 g/mol. The van der Waals surface area contributed by atoms with Crippen LogP contribution >= 0.6 is 0 Å². The Kier molecular flexibility index (Phi) is 5.49. The van der Waals surface area contributed by atoms with Crippen molar-refractivity contribution in [1.82, 2.24) is 0 Å². The van der Waals surface area contributed by atoms with Crippen LogP contribution in [0.5, 0.6) is 0 Å². The van der Waals surface area contributed by atoms with Gasteiger partial charge in [0.25, 0.3) is 5.60 Å². The summed E-state index contributed by atoms with van der Waals surface area (Å²) in [5.41, 5.74) is -5.71. The van der Waals surface area contributed by atoms with Gasteiger partial charge in [-0.2, -0.15) is 26.3 Å². The Hall–Kier alpha value is -2.30. The Morgan fingerprint density at radius 2 is 1.75 bits per heavy atom. The Morgan fingerprint density at radius 1 is 1.17 bits per heavy atom. The fourth-order valence-corrected chi connectivity index (χ4v) is 1.67. The normalized spacial score (nSPS) is 14.7. The number of methoxy groups -OCH3 is 1. The summed E-state index contributed by atoms with van der Waals surface area (Å²) in [7, 11) is 0.573. The van der Waals surface area contributed by atoms with E-state index in [1.54, 1.807) is 5.32 Å². The molecule has 0 fully saturated rings. The second kappa shape index (κ2) is 6.67. The first kappa shape index (κ1) is 19.7. The van der Waals surface area contributed by atoms with Crippen molar-refractivity contribution in [3.8, 4) is 0 Å². The first-order valence-corrected chi connectivity index (χ1v) is 6.16. The van der Waals surface area contributed by atoms with E-state index < -0.39 is 47.5 Å². The minimum atomic E-state index is -5.52. The highest BCUT2D eigenvalue weighted by Crippen LogP contribution is 2.35. The quantitative estimate of drug-likeness (QED) is 0.640. The lowest BCUT2D eigenvalue weighted by molar-refractivity contribution is -0.261. The summed E-state index contributed by atoms with van der Waals surface area (Å²) in [4.78, 5) is 22.7. The molecule has 0 aromatic heterocycles. The van der Waals surface area contributed by atoms with Crippen molar-refractivity contribution >= 4 is 17.6 Å². The van der Waals surface area contributed by atoms with Gasteiger partial charge in [0, 0.05) is 5.69 Å². The van der Waals surface area contributed by atoms with E-state index in [1.807, 2.05) is 0 Å². The van der Waals surface area contributed by atoms with Crippen LogP contribution in [0.2, 0.25) is 0 Å². The van der Waals surface area contributed by atoms with Crippen LogP contribution in [0, 0.1) is 0 Å². The number of rotatable bonds is 4. The molecule has 5 nitrogen and oxygen atoms in total. The maximum Gasteiger partial charge on any atom is 0.428 e. The molecule has 24 heavy (non-hydrogen) atoms. The lowest BCUT2D eigenvalue weighted by Crippen LogP contribution is -2.54. The third kappa shape index (κ3) is 4.37. The summed E-state index contributed by atoms with van der Waals surface area (Å²) in [6, 6.07) is 3.10. The van der Waals surface area contributed by atoms with Gasteiger partial charge in [-0.1, -0.05) is 6.07 Å². The standard InChI is InChI=1S/C13H11F6NO4/c1-24-10(22)11(23,13(17,18)19)6-9(21)20-8-4-2-3-7(5-8)12(14,15)16/h2-5,23H,6H2,1H3,(H,20,21)/t11-/m0/s1. The number of halogens is 6. The van der Waals surface area contributed by atoms with Gasteiger partial charge in [0.15, 0.2) is 0 Å². The van der Waals surface area contributed by atoms with Crippen molar-refractivity contribution < 1.29 is 45.8 Å². The number of benzene rings is 1. The van der Waals surface area contributed by atoms with E-state index in [0.29, 0.717) is 19.2 Å². The number of nitrogens with one attached hydrogen (secondary N) is 1. The number of esters is 1. The van der Waals surface area contributed by atoms with E-state index in [1.165, 1.54) is 0 Å². The number of carbonyl (C=O) groups excluding carboxylic acids is 2. The SMILES string of the molecule is COC(=O)[C@@](O)(CC(=O)Nc1cccc(C(F)(F)F)c1)C(F)(F)F. The number of aliphatic hydroxyl groups is 1. The molecule has 2 N–H and O–H groups in total.